The van der Waals surface area contributed by atoms with Crippen LogP contribution in [-0.4, -0.2) is 17.8 Å². The molecule has 1 aromatic carbocycles. The maximum atomic E-state index is 10.3. The van der Waals surface area contributed by atoms with Gasteiger partial charge in [-0.3, -0.25) is 0 Å². The molecule has 110 valence electrons. The molecule has 0 spiro atoms. The molecule has 0 aromatic heterocycles. The van der Waals surface area contributed by atoms with Crippen LogP contribution in [0.4, 0.5) is 0 Å². The van der Waals surface area contributed by atoms with Crippen LogP contribution in [0, 0.1) is 5.92 Å². The third-order valence-corrected chi connectivity index (χ3v) is 5.05. The summed E-state index contributed by atoms with van der Waals surface area (Å²) in [5.74, 6) is 1.41. The number of benzene rings is 1. The molecule has 1 aromatic rings. The van der Waals surface area contributed by atoms with Gasteiger partial charge in [0, 0.05) is 6.61 Å². The Morgan fingerprint density at radius 2 is 1.90 bits per heavy atom. The third-order valence-electron chi connectivity index (χ3n) is 5.05. The highest BCUT2D eigenvalue weighted by Gasteiger charge is 2.31. The van der Waals surface area contributed by atoms with Crippen LogP contribution in [0.1, 0.15) is 68.6 Å². The Bertz CT molecular complexity index is 416. The van der Waals surface area contributed by atoms with Crippen molar-refractivity contribution in [3.05, 3.63) is 35.4 Å². The van der Waals surface area contributed by atoms with Crippen LogP contribution in [0.25, 0.3) is 0 Å². The molecule has 0 radical (unpaired) electrons. The molecule has 1 atom stereocenters. The minimum Gasteiger partial charge on any atom is -0.388 e. The molecule has 2 heteroatoms. The molecule has 1 unspecified atom stereocenters. The van der Waals surface area contributed by atoms with E-state index < -0.39 is 0 Å². The Balaban J connectivity index is 1.48. The fraction of sp³-hybridized carbons (Fsp3) is 0.667. The van der Waals surface area contributed by atoms with Gasteiger partial charge in [0.2, 0.25) is 0 Å². The predicted octanol–water partition coefficient (Wildman–Crippen LogP) is 4.19. The second-order valence-electron chi connectivity index (χ2n) is 6.46. The van der Waals surface area contributed by atoms with E-state index in [-0.39, 0.29) is 6.10 Å². The maximum Gasteiger partial charge on any atom is 0.0792 e. The predicted molar refractivity (Wildman–Crippen MR) is 80.7 cm³/mol. The van der Waals surface area contributed by atoms with Crippen molar-refractivity contribution in [2.75, 3.05) is 6.61 Å². The summed E-state index contributed by atoms with van der Waals surface area (Å²) in [4.78, 5) is 0. The monoisotopic (exact) mass is 274 g/mol. The van der Waals surface area contributed by atoms with E-state index in [1.807, 2.05) is 6.92 Å². The van der Waals surface area contributed by atoms with Crippen molar-refractivity contribution in [2.45, 2.75) is 63.6 Å². The molecule has 0 bridgehead atoms. The molecule has 0 heterocycles. The average Bonchev–Trinajstić information content (AvgIpc) is 2.35. The van der Waals surface area contributed by atoms with Crippen molar-refractivity contribution in [3.63, 3.8) is 0 Å². The highest BCUT2D eigenvalue weighted by atomic mass is 16.5. The number of hydrogen-bond donors (Lipinski definition) is 1. The quantitative estimate of drug-likeness (QED) is 0.842. The lowest BCUT2D eigenvalue weighted by Crippen LogP contribution is -2.32. The molecule has 1 N–H and O–H groups in total. The molecule has 2 fully saturated rings. The number of rotatable bonds is 6. The van der Waals surface area contributed by atoms with E-state index in [2.05, 4.69) is 24.3 Å². The van der Waals surface area contributed by atoms with Crippen molar-refractivity contribution >= 4 is 0 Å². The fourth-order valence-corrected chi connectivity index (χ4v) is 3.42. The van der Waals surface area contributed by atoms with Crippen LogP contribution in [-0.2, 0) is 4.74 Å². The molecule has 2 aliphatic rings. The zero-order valence-corrected chi connectivity index (χ0v) is 12.4. The van der Waals surface area contributed by atoms with E-state index in [0.717, 1.165) is 37.4 Å². The van der Waals surface area contributed by atoms with Gasteiger partial charge in [0.15, 0.2) is 0 Å². The zero-order chi connectivity index (χ0) is 13.9. The molecule has 3 rings (SSSR count). The number of hydrogen-bond acceptors (Lipinski definition) is 2. The topological polar surface area (TPSA) is 29.5 Å². The van der Waals surface area contributed by atoms with E-state index in [0.29, 0.717) is 12.0 Å². The lowest BCUT2D eigenvalue weighted by atomic mass is 9.77. The molecule has 0 saturated heterocycles. The highest BCUT2D eigenvalue weighted by molar-refractivity contribution is 5.27. The SMILES string of the molecule is CCOC1CC(CC(O)c2ccc(C3CCC3)cc2)C1. The van der Waals surface area contributed by atoms with Crippen molar-refractivity contribution in [2.24, 2.45) is 5.92 Å². The van der Waals surface area contributed by atoms with Gasteiger partial charge in [0.1, 0.15) is 0 Å². The summed E-state index contributed by atoms with van der Waals surface area (Å²) in [5.41, 5.74) is 2.53. The Morgan fingerprint density at radius 3 is 2.45 bits per heavy atom. The van der Waals surface area contributed by atoms with Gasteiger partial charge in [-0.2, -0.15) is 0 Å². The largest absolute Gasteiger partial charge is 0.388 e. The molecule has 0 amide bonds. The van der Waals surface area contributed by atoms with Crippen LogP contribution < -0.4 is 0 Å². The van der Waals surface area contributed by atoms with Gasteiger partial charge >= 0.3 is 0 Å². The van der Waals surface area contributed by atoms with Gasteiger partial charge in [-0.05, 0) is 62.0 Å². The lowest BCUT2D eigenvalue weighted by Gasteiger charge is -2.36. The third kappa shape index (κ3) is 3.07. The summed E-state index contributed by atoms with van der Waals surface area (Å²) in [5, 5.41) is 10.3. The van der Waals surface area contributed by atoms with Gasteiger partial charge in [-0.1, -0.05) is 30.7 Å². The first-order chi connectivity index (χ1) is 9.76. The van der Waals surface area contributed by atoms with E-state index in [4.69, 9.17) is 4.74 Å². The van der Waals surface area contributed by atoms with Crippen molar-refractivity contribution in [1.82, 2.24) is 0 Å². The molecule has 2 saturated carbocycles. The minimum absolute atomic E-state index is 0.307. The van der Waals surface area contributed by atoms with Crippen molar-refractivity contribution in [1.29, 1.82) is 0 Å². The fourth-order valence-electron chi connectivity index (χ4n) is 3.42. The second kappa shape index (κ2) is 6.28. The van der Waals surface area contributed by atoms with E-state index in [9.17, 15) is 5.11 Å². The van der Waals surface area contributed by atoms with Crippen LogP contribution in [0.3, 0.4) is 0 Å². The van der Waals surface area contributed by atoms with Gasteiger partial charge in [-0.15, -0.1) is 0 Å². The van der Waals surface area contributed by atoms with Crippen LogP contribution in [0.15, 0.2) is 24.3 Å². The number of aliphatic hydroxyl groups is 1. The molecule has 2 nitrogen and oxygen atoms in total. The Kier molecular flexibility index (Phi) is 4.42. The van der Waals surface area contributed by atoms with E-state index in [1.54, 1.807) is 0 Å². The van der Waals surface area contributed by atoms with Crippen LogP contribution >= 0.6 is 0 Å². The molecular weight excluding hydrogens is 248 g/mol. The first-order valence-corrected chi connectivity index (χ1v) is 8.15. The number of ether oxygens (including phenoxy) is 1. The maximum absolute atomic E-state index is 10.3. The average molecular weight is 274 g/mol. The molecule has 20 heavy (non-hydrogen) atoms. The smallest absolute Gasteiger partial charge is 0.0792 e. The minimum atomic E-state index is -0.307. The first kappa shape index (κ1) is 14.1. The van der Waals surface area contributed by atoms with Crippen LogP contribution in [0.2, 0.25) is 0 Å². The summed E-state index contributed by atoms with van der Waals surface area (Å²) < 4.78 is 5.57. The Hall–Kier alpha value is -0.860. The summed E-state index contributed by atoms with van der Waals surface area (Å²) in [6.45, 7) is 2.86. The summed E-state index contributed by atoms with van der Waals surface area (Å²) in [6.07, 6.45) is 7.29. The van der Waals surface area contributed by atoms with Crippen molar-refractivity contribution < 1.29 is 9.84 Å². The summed E-state index contributed by atoms with van der Waals surface area (Å²) >= 11 is 0. The van der Waals surface area contributed by atoms with Gasteiger partial charge in [-0.25, -0.2) is 0 Å². The Morgan fingerprint density at radius 1 is 1.20 bits per heavy atom. The molecule has 0 aliphatic heterocycles. The summed E-state index contributed by atoms with van der Waals surface area (Å²) in [7, 11) is 0. The second-order valence-corrected chi connectivity index (χ2v) is 6.46. The molecular formula is C18H26O2. The van der Waals surface area contributed by atoms with Crippen LogP contribution in [0.5, 0.6) is 0 Å². The summed E-state index contributed by atoms with van der Waals surface area (Å²) in [6, 6.07) is 8.67. The lowest BCUT2D eigenvalue weighted by molar-refractivity contribution is -0.0380. The van der Waals surface area contributed by atoms with E-state index in [1.165, 1.54) is 24.8 Å². The number of aliphatic hydroxyl groups excluding tert-OH is 1. The first-order valence-electron chi connectivity index (χ1n) is 8.15. The normalized spacial score (nSPS) is 27.7. The molecule has 2 aliphatic carbocycles. The van der Waals surface area contributed by atoms with Gasteiger partial charge < -0.3 is 9.84 Å². The van der Waals surface area contributed by atoms with E-state index >= 15 is 0 Å². The van der Waals surface area contributed by atoms with Gasteiger partial charge in [0.25, 0.3) is 0 Å². The highest BCUT2D eigenvalue weighted by Crippen LogP contribution is 2.39. The van der Waals surface area contributed by atoms with Gasteiger partial charge in [0.05, 0.1) is 12.2 Å². The standard InChI is InChI=1S/C18H26O2/c1-2-20-17-10-13(11-17)12-18(19)16-8-6-15(7-9-16)14-4-3-5-14/h6-9,13-14,17-19H,2-5,10-12H2,1H3. The zero-order valence-electron chi connectivity index (χ0n) is 12.4. The Labute approximate surface area is 122 Å². The van der Waals surface area contributed by atoms with Crippen molar-refractivity contribution in [3.8, 4) is 0 Å².